The first-order chi connectivity index (χ1) is 35.5. The molecule has 27 atom stereocenters. The maximum atomic E-state index is 13.1. The maximum Gasteiger partial charge on any atom is 0.335 e. The number of fused-ring (bicyclic) bond motifs is 7. The van der Waals surface area contributed by atoms with Crippen molar-refractivity contribution in [2.75, 3.05) is 26.4 Å². The predicted octanol–water partition coefficient (Wildman–Crippen LogP) is -1.89. The lowest BCUT2D eigenvalue weighted by Crippen LogP contribution is -2.72. The summed E-state index contributed by atoms with van der Waals surface area (Å²) in [5, 5.41) is 155. The second kappa shape index (κ2) is 21.5. The highest BCUT2D eigenvalue weighted by Gasteiger charge is 2.73. The topological polar surface area (TPSA) is 382 Å². The summed E-state index contributed by atoms with van der Waals surface area (Å²) in [4.78, 5) is 26.2. The van der Waals surface area contributed by atoms with Crippen LogP contribution in [0.2, 0.25) is 0 Å². The first-order valence-corrected chi connectivity index (χ1v) is 26.8. The molecule has 0 unspecified atom stereocenters. The normalized spacial score (nSPS) is 52.3. The van der Waals surface area contributed by atoms with Crippen LogP contribution in [0.1, 0.15) is 100 Å². The van der Waals surface area contributed by atoms with Crippen molar-refractivity contribution < 1.29 is 114 Å². The van der Waals surface area contributed by atoms with Gasteiger partial charge in [-0.2, -0.15) is 0 Å². The van der Waals surface area contributed by atoms with Crippen LogP contribution in [0.5, 0.6) is 0 Å². The van der Waals surface area contributed by atoms with Gasteiger partial charge < -0.3 is 105 Å². The van der Waals surface area contributed by atoms with Crippen molar-refractivity contribution in [1.29, 1.82) is 0 Å². The van der Waals surface area contributed by atoms with E-state index in [1.807, 2.05) is 20.8 Å². The number of aliphatic hydroxyl groups excluding tert-OH is 13. The zero-order valence-corrected chi connectivity index (χ0v) is 44.6. The molecule has 8 rings (SSSR count). The average Bonchev–Trinajstić information content (AvgIpc) is 3.58. The van der Waals surface area contributed by atoms with E-state index < -0.39 is 187 Å². The third kappa shape index (κ3) is 9.25. The van der Waals surface area contributed by atoms with E-state index in [-0.39, 0.29) is 31.3 Å². The summed E-state index contributed by atoms with van der Waals surface area (Å²) in [6.07, 6.45) is -26.6. The molecule has 0 amide bonds. The number of aliphatic carboxylic acids is 1. The SMILES string of the molecule is CC=C(C)C(=O)OC[C@@]12[C@H](O)C[C@]3(C)C(=CC[C@@H]4[C@@]5(C)CC[C@H](O[C@@H]6O[C@H](C(=O)O)[C@@H](O[C@@H]7O[C@H](CO)[C@@H](O)[C@H](O)[C@H]7O)[C@H](O)[C@H]6O[C@@H]6O[C@H](CO)[C@@H](O)[C@H](O)[C@H]6O)[C@](C)(CO)[C@@H]5CC[C@]43C)[C@@H]1CC(C)(C)[C@@H](O)[C@@H]2O. The number of carboxylic acid groups (broad SMARTS) is 1. The van der Waals surface area contributed by atoms with E-state index in [1.54, 1.807) is 19.9 Å². The molecule has 3 aliphatic heterocycles. The Bertz CT molecular complexity index is 2170. The second-order valence-corrected chi connectivity index (χ2v) is 25.0. The second-order valence-electron chi connectivity index (χ2n) is 25.0. The molecule has 0 aromatic rings. The molecule has 76 heavy (non-hydrogen) atoms. The molecule has 23 nitrogen and oxygen atoms in total. The van der Waals surface area contributed by atoms with Gasteiger partial charge >= 0.3 is 11.9 Å². The standard InChI is InChI=1S/C53H84O23/c1-9-22(2)44(69)70-21-53-24(16-48(3,4)41(65)42(53)66)23-10-11-28-49(5)14-13-30(50(6,20-56)27(49)12-15-51(28,7)52(23,8)17-29(53)57)73-47-39(75-46-36(63)34(61)32(59)26(19-55)72-46)37(64)38(40(76-47)43(67)68)74-45-35(62)33(60)31(58)25(18-54)71-45/h9-10,24-42,45-47,54-66H,11-21H2,1-8H3,(H,67,68)/t24-,25+,26+,27+,28+,29+,30-,31+,32+,33-,34-,35+,36+,37-,38-,39+,40-,41-,42-,45-,46-,47+,49-,50+,51+,52+,53-/m0/s1. The average molecular weight is 1090 g/mol. The lowest BCUT2D eigenvalue weighted by Gasteiger charge is -2.72. The van der Waals surface area contributed by atoms with E-state index in [2.05, 4.69) is 26.8 Å². The molecule has 3 saturated heterocycles. The van der Waals surface area contributed by atoms with Gasteiger partial charge in [0.25, 0.3) is 0 Å². The van der Waals surface area contributed by atoms with Crippen LogP contribution in [-0.4, -0.2) is 226 Å². The van der Waals surface area contributed by atoms with Crippen molar-refractivity contribution in [2.24, 2.45) is 50.2 Å². The number of carboxylic acids is 1. The molecule has 8 aliphatic rings. The van der Waals surface area contributed by atoms with Crippen LogP contribution in [0.15, 0.2) is 23.3 Å². The quantitative estimate of drug-likeness (QED) is 0.0415. The van der Waals surface area contributed by atoms with Crippen LogP contribution < -0.4 is 0 Å². The molecule has 0 radical (unpaired) electrons. The van der Waals surface area contributed by atoms with Gasteiger partial charge in [-0.25, -0.2) is 9.59 Å². The molecule has 23 heteroatoms. The molecule has 0 bridgehead atoms. The fraction of sp³-hybridized carbons (Fsp3) is 0.887. The number of esters is 1. The molecule has 0 spiro atoms. The molecular formula is C53H84O23. The molecule has 14 N–H and O–H groups in total. The molecule has 3 heterocycles. The molecular weight excluding hydrogens is 1000 g/mol. The molecule has 434 valence electrons. The summed E-state index contributed by atoms with van der Waals surface area (Å²) in [5.41, 5.74) is -3.58. The van der Waals surface area contributed by atoms with Crippen LogP contribution in [0.4, 0.5) is 0 Å². The third-order valence-electron chi connectivity index (χ3n) is 20.8. The molecule has 5 aliphatic carbocycles. The summed E-state index contributed by atoms with van der Waals surface area (Å²) < 4.78 is 41.8. The Kier molecular flexibility index (Phi) is 16.9. The highest BCUT2D eigenvalue weighted by molar-refractivity contribution is 5.87. The number of hydrogen-bond donors (Lipinski definition) is 14. The van der Waals surface area contributed by atoms with Gasteiger partial charge in [0.05, 0.1) is 49.7 Å². The fourth-order valence-corrected chi connectivity index (χ4v) is 15.8. The van der Waals surface area contributed by atoms with Crippen LogP contribution in [0.25, 0.3) is 0 Å². The lowest BCUT2D eigenvalue weighted by molar-refractivity contribution is -0.392. The number of allylic oxidation sites excluding steroid dienone is 3. The van der Waals surface area contributed by atoms with Gasteiger partial charge in [-0.1, -0.05) is 59.3 Å². The Labute approximate surface area is 442 Å². The van der Waals surface area contributed by atoms with Gasteiger partial charge in [-0.15, -0.1) is 0 Å². The smallest absolute Gasteiger partial charge is 0.335 e. The third-order valence-corrected chi connectivity index (χ3v) is 20.8. The van der Waals surface area contributed by atoms with Gasteiger partial charge in [-0.3, -0.25) is 0 Å². The molecule has 7 fully saturated rings. The zero-order chi connectivity index (χ0) is 56.2. The Morgan fingerprint density at radius 3 is 1.80 bits per heavy atom. The van der Waals surface area contributed by atoms with Crippen LogP contribution in [-0.2, 0) is 42.7 Å². The maximum absolute atomic E-state index is 13.1. The monoisotopic (exact) mass is 1090 g/mol. The fourth-order valence-electron chi connectivity index (χ4n) is 15.8. The minimum Gasteiger partial charge on any atom is -0.479 e. The number of aliphatic hydroxyl groups is 13. The Morgan fingerprint density at radius 1 is 0.684 bits per heavy atom. The minimum atomic E-state index is -2.17. The Hall–Kier alpha value is -2.34. The van der Waals surface area contributed by atoms with Crippen LogP contribution in [0, 0.1) is 50.2 Å². The summed E-state index contributed by atoms with van der Waals surface area (Å²) in [6.45, 7) is 13.1. The van der Waals surface area contributed by atoms with Crippen molar-refractivity contribution in [3.63, 3.8) is 0 Å². The molecule has 0 aromatic carbocycles. The van der Waals surface area contributed by atoms with Gasteiger partial charge in [0.15, 0.2) is 25.0 Å². The molecule has 0 aromatic heterocycles. The van der Waals surface area contributed by atoms with Crippen LogP contribution in [0.3, 0.4) is 0 Å². The highest BCUT2D eigenvalue weighted by Crippen LogP contribution is 2.76. The van der Waals surface area contributed by atoms with E-state index in [0.717, 1.165) is 5.57 Å². The summed E-state index contributed by atoms with van der Waals surface area (Å²) in [7, 11) is 0. The van der Waals surface area contributed by atoms with E-state index in [4.69, 9.17) is 33.2 Å². The van der Waals surface area contributed by atoms with Gasteiger partial charge in [0.2, 0.25) is 0 Å². The Morgan fingerprint density at radius 2 is 1.26 bits per heavy atom. The van der Waals surface area contributed by atoms with Crippen molar-refractivity contribution in [3.05, 3.63) is 23.3 Å². The number of rotatable bonds is 13. The predicted molar refractivity (Wildman–Crippen MR) is 259 cm³/mol. The lowest BCUT2D eigenvalue weighted by atomic mass is 9.33. The van der Waals surface area contributed by atoms with Crippen molar-refractivity contribution >= 4 is 11.9 Å². The zero-order valence-electron chi connectivity index (χ0n) is 44.6. The van der Waals surface area contributed by atoms with Gasteiger partial charge in [-0.05, 0) is 98.2 Å². The number of carbonyl (C=O) groups excluding carboxylic acids is 1. The van der Waals surface area contributed by atoms with E-state index in [9.17, 15) is 81.1 Å². The van der Waals surface area contributed by atoms with E-state index >= 15 is 0 Å². The van der Waals surface area contributed by atoms with Crippen molar-refractivity contribution in [3.8, 4) is 0 Å². The summed E-state index contributed by atoms with van der Waals surface area (Å²) >= 11 is 0. The number of carbonyl (C=O) groups is 2. The minimum absolute atomic E-state index is 0.0620. The first-order valence-electron chi connectivity index (χ1n) is 26.8. The Balaban J connectivity index is 1.11. The highest BCUT2D eigenvalue weighted by atomic mass is 16.8. The largest absolute Gasteiger partial charge is 0.479 e. The summed E-state index contributed by atoms with van der Waals surface area (Å²) in [6, 6.07) is 0. The number of ether oxygens (including phenoxy) is 7. The van der Waals surface area contributed by atoms with Crippen LogP contribution >= 0.6 is 0 Å². The van der Waals surface area contributed by atoms with Crippen molar-refractivity contribution in [2.45, 2.75) is 217 Å². The van der Waals surface area contributed by atoms with E-state index in [1.165, 1.54) is 0 Å². The van der Waals surface area contributed by atoms with E-state index in [0.29, 0.717) is 37.7 Å². The first kappa shape index (κ1) is 59.8. The van der Waals surface area contributed by atoms with Gasteiger partial charge in [0.1, 0.15) is 73.8 Å². The number of hydrogen-bond acceptors (Lipinski definition) is 22. The van der Waals surface area contributed by atoms with Crippen molar-refractivity contribution in [1.82, 2.24) is 0 Å². The molecule has 4 saturated carbocycles. The van der Waals surface area contributed by atoms with Gasteiger partial charge in [0, 0.05) is 11.0 Å². The summed E-state index contributed by atoms with van der Waals surface area (Å²) in [5.74, 6) is -3.13.